The molecule has 1 aliphatic rings. The van der Waals surface area contributed by atoms with E-state index in [1.165, 1.54) is 11.1 Å². The standard InChI is InChI=1S/C18H21N3O2/c1-4-23-18(22)17-11-14-7-5-6-8-15(14)12-21(17)13(2)16-9-10-20(3)19-16/h5-10,17H,2,4,11-12H2,1,3H3. The minimum atomic E-state index is -0.362. The zero-order valence-electron chi connectivity index (χ0n) is 13.5. The third-order valence-electron chi connectivity index (χ3n) is 4.16. The number of nitrogens with zero attached hydrogens (tertiary/aromatic N) is 3. The third kappa shape index (κ3) is 2.99. The molecule has 1 aromatic heterocycles. The molecule has 0 aliphatic carbocycles. The molecule has 0 saturated carbocycles. The molecule has 2 aromatic rings. The Morgan fingerprint density at radius 2 is 2.09 bits per heavy atom. The Hall–Kier alpha value is -2.56. The number of hydrogen-bond acceptors (Lipinski definition) is 4. The van der Waals surface area contributed by atoms with Crippen molar-refractivity contribution in [3.8, 4) is 0 Å². The molecular weight excluding hydrogens is 290 g/mol. The largest absolute Gasteiger partial charge is 0.464 e. The average molecular weight is 311 g/mol. The molecule has 0 saturated heterocycles. The topological polar surface area (TPSA) is 47.4 Å². The van der Waals surface area contributed by atoms with Crippen LogP contribution < -0.4 is 0 Å². The summed E-state index contributed by atoms with van der Waals surface area (Å²) in [7, 11) is 1.87. The minimum absolute atomic E-state index is 0.209. The summed E-state index contributed by atoms with van der Waals surface area (Å²) < 4.78 is 7.00. The van der Waals surface area contributed by atoms with Crippen LogP contribution in [0.3, 0.4) is 0 Å². The van der Waals surface area contributed by atoms with Gasteiger partial charge in [-0.3, -0.25) is 4.68 Å². The van der Waals surface area contributed by atoms with Gasteiger partial charge < -0.3 is 9.64 Å². The maximum Gasteiger partial charge on any atom is 0.329 e. The average Bonchev–Trinajstić information content (AvgIpc) is 2.99. The van der Waals surface area contributed by atoms with Crippen LogP contribution in [0.15, 0.2) is 43.1 Å². The monoisotopic (exact) mass is 311 g/mol. The Morgan fingerprint density at radius 3 is 2.74 bits per heavy atom. The van der Waals surface area contributed by atoms with Crippen LogP contribution >= 0.6 is 0 Å². The summed E-state index contributed by atoms with van der Waals surface area (Å²) in [6.07, 6.45) is 2.50. The lowest BCUT2D eigenvalue weighted by molar-refractivity contribution is -0.148. The van der Waals surface area contributed by atoms with Crippen molar-refractivity contribution in [3.05, 3.63) is 59.9 Å². The summed E-state index contributed by atoms with van der Waals surface area (Å²) in [5.41, 5.74) is 3.93. The molecule has 0 bridgehead atoms. The number of fused-ring (bicyclic) bond motifs is 1. The Balaban J connectivity index is 1.94. The van der Waals surface area contributed by atoms with Gasteiger partial charge in [-0.25, -0.2) is 4.79 Å². The van der Waals surface area contributed by atoms with Gasteiger partial charge in [0.25, 0.3) is 0 Å². The van der Waals surface area contributed by atoms with Crippen LogP contribution in [0.2, 0.25) is 0 Å². The fourth-order valence-corrected chi connectivity index (χ4v) is 2.97. The number of rotatable bonds is 4. The molecule has 5 nitrogen and oxygen atoms in total. The van der Waals surface area contributed by atoms with Crippen molar-refractivity contribution >= 4 is 11.7 Å². The van der Waals surface area contributed by atoms with Gasteiger partial charge in [-0.15, -0.1) is 0 Å². The van der Waals surface area contributed by atoms with Crippen molar-refractivity contribution in [2.24, 2.45) is 7.05 Å². The Bertz CT molecular complexity index is 735. The van der Waals surface area contributed by atoms with Crippen LogP contribution in [0.1, 0.15) is 23.7 Å². The first-order chi connectivity index (χ1) is 11.1. The van der Waals surface area contributed by atoms with Crippen molar-refractivity contribution in [1.29, 1.82) is 0 Å². The summed E-state index contributed by atoms with van der Waals surface area (Å²) in [5.74, 6) is -0.209. The van der Waals surface area contributed by atoms with Gasteiger partial charge in [-0.2, -0.15) is 5.10 Å². The van der Waals surface area contributed by atoms with Gasteiger partial charge in [0.05, 0.1) is 12.3 Å². The highest BCUT2D eigenvalue weighted by Crippen LogP contribution is 2.30. The van der Waals surface area contributed by atoms with Crippen molar-refractivity contribution in [3.63, 3.8) is 0 Å². The van der Waals surface area contributed by atoms with Crippen LogP contribution in [0.4, 0.5) is 0 Å². The maximum absolute atomic E-state index is 12.4. The zero-order valence-corrected chi connectivity index (χ0v) is 13.5. The van der Waals surface area contributed by atoms with E-state index in [0.717, 1.165) is 11.4 Å². The number of benzene rings is 1. The highest BCUT2D eigenvalue weighted by molar-refractivity contribution is 5.79. The summed E-state index contributed by atoms with van der Waals surface area (Å²) in [5, 5.41) is 4.40. The fraction of sp³-hybridized carbons (Fsp3) is 0.333. The molecule has 1 aromatic carbocycles. The molecule has 1 unspecified atom stereocenters. The number of hydrogen-bond donors (Lipinski definition) is 0. The maximum atomic E-state index is 12.4. The SMILES string of the molecule is C=C(c1ccn(C)n1)N1Cc2ccccc2CC1C(=O)OCC. The van der Waals surface area contributed by atoms with Gasteiger partial charge in [-0.1, -0.05) is 30.8 Å². The first-order valence-corrected chi connectivity index (χ1v) is 7.79. The Kier molecular flexibility index (Phi) is 4.19. The van der Waals surface area contributed by atoms with Crippen molar-refractivity contribution in [2.45, 2.75) is 25.9 Å². The zero-order chi connectivity index (χ0) is 16.4. The van der Waals surface area contributed by atoms with Crippen molar-refractivity contribution < 1.29 is 9.53 Å². The number of aromatic nitrogens is 2. The van der Waals surface area contributed by atoms with Gasteiger partial charge in [0.2, 0.25) is 0 Å². The van der Waals surface area contributed by atoms with E-state index < -0.39 is 0 Å². The number of carbonyl (C=O) groups excluding carboxylic acids is 1. The van der Waals surface area contributed by atoms with Crippen molar-refractivity contribution in [1.82, 2.24) is 14.7 Å². The molecule has 2 heterocycles. The number of esters is 1. The highest BCUT2D eigenvalue weighted by atomic mass is 16.5. The number of aryl methyl sites for hydroxylation is 1. The third-order valence-corrected chi connectivity index (χ3v) is 4.16. The Morgan fingerprint density at radius 1 is 1.35 bits per heavy atom. The van der Waals surface area contributed by atoms with E-state index >= 15 is 0 Å². The van der Waals surface area contributed by atoms with Gasteiger partial charge in [0.15, 0.2) is 0 Å². The highest BCUT2D eigenvalue weighted by Gasteiger charge is 2.34. The predicted octanol–water partition coefficient (Wildman–Crippen LogP) is 2.38. The lowest BCUT2D eigenvalue weighted by Gasteiger charge is -2.37. The van der Waals surface area contributed by atoms with E-state index in [-0.39, 0.29) is 12.0 Å². The second-order valence-electron chi connectivity index (χ2n) is 5.69. The fourth-order valence-electron chi connectivity index (χ4n) is 2.97. The molecule has 23 heavy (non-hydrogen) atoms. The van der Waals surface area contributed by atoms with Crippen LogP contribution in [0.25, 0.3) is 5.70 Å². The summed E-state index contributed by atoms with van der Waals surface area (Å²) >= 11 is 0. The normalized spacial score (nSPS) is 16.8. The van der Waals surface area contributed by atoms with Crippen LogP contribution in [0, 0.1) is 0 Å². The van der Waals surface area contributed by atoms with Gasteiger partial charge in [0, 0.05) is 26.2 Å². The molecule has 3 rings (SSSR count). The van der Waals surface area contributed by atoms with E-state index in [2.05, 4.69) is 23.8 Å². The molecule has 1 atom stereocenters. The molecule has 0 radical (unpaired) electrons. The molecule has 120 valence electrons. The summed E-state index contributed by atoms with van der Waals surface area (Å²) in [6, 6.07) is 9.73. The second-order valence-corrected chi connectivity index (χ2v) is 5.69. The van der Waals surface area contributed by atoms with E-state index in [0.29, 0.717) is 19.6 Å². The Labute approximate surface area is 136 Å². The van der Waals surface area contributed by atoms with Crippen LogP contribution in [-0.4, -0.2) is 33.3 Å². The van der Waals surface area contributed by atoms with E-state index in [1.807, 2.05) is 43.3 Å². The molecule has 0 N–H and O–H groups in total. The molecule has 0 fully saturated rings. The first kappa shape index (κ1) is 15.3. The van der Waals surface area contributed by atoms with Crippen molar-refractivity contribution in [2.75, 3.05) is 6.61 Å². The van der Waals surface area contributed by atoms with Gasteiger partial charge in [-0.05, 0) is 24.1 Å². The lowest BCUT2D eigenvalue weighted by atomic mass is 9.93. The van der Waals surface area contributed by atoms with Crippen LogP contribution in [0.5, 0.6) is 0 Å². The second kappa shape index (κ2) is 6.28. The van der Waals surface area contributed by atoms with Gasteiger partial charge in [0.1, 0.15) is 11.7 Å². The van der Waals surface area contributed by atoms with E-state index in [9.17, 15) is 4.79 Å². The molecule has 5 heteroatoms. The molecular formula is C18H21N3O2. The van der Waals surface area contributed by atoms with E-state index in [4.69, 9.17) is 4.74 Å². The first-order valence-electron chi connectivity index (χ1n) is 7.79. The number of ether oxygens (including phenoxy) is 1. The van der Waals surface area contributed by atoms with Crippen LogP contribution in [-0.2, 0) is 29.5 Å². The number of carbonyl (C=O) groups is 1. The summed E-state index contributed by atoms with van der Waals surface area (Å²) in [4.78, 5) is 14.4. The summed E-state index contributed by atoms with van der Waals surface area (Å²) in [6.45, 7) is 7.01. The lowest BCUT2D eigenvalue weighted by Crippen LogP contribution is -2.45. The quantitative estimate of drug-likeness (QED) is 0.814. The minimum Gasteiger partial charge on any atom is -0.464 e. The smallest absolute Gasteiger partial charge is 0.329 e. The molecule has 1 aliphatic heterocycles. The predicted molar refractivity (Wildman–Crippen MR) is 88.4 cm³/mol. The molecule has 0 spiro atoms. The van der Waals surface area contributed by atoms with Gasteiger partial charge >= 0.3 is 5.97 Å². The van der Waals surface area contributed by atoms with E-state index in [1.54, 1.807) is 4.68 Å². The molecule has 0 amide bonds.